The molecule has 0 radical (unpaired) electrons. The summed E-state index contributed by atoms with van der Waals surface area (Å²) < 4.78 is 5.54. The van der Waals surface area contributed by atoms with Gasteiger partial charge in [-0.2, -0.15) is 0 Å². The van der Waals surface area contributed by atoms with Gasteiger partial charge in [-0.1, -0.05) is 42.5 Å². The van der Waals surface area contributed by atoms with Crippen molar-refractivity contribution >= 4 is 23.6 Å². The number of amides is 2. The third-order valence-electron chi connectivity index (χ3n) is 5.14. The zero-order valence-corrected chi connectivity index (χ0v) is 16.5. The molecule has 0 aliphatic carbocycles. The predicted molar refractivity (Wildman–Crippen MR) is 110 cm³/mol. The van der Waals surface area contributed by atoms with Crippen molar-refractivity contribution < 1.29 is 14.3 Å². The van der Waals surface area contributed by atoms with Crippen LogP contribution < -0.4 is 5.32 Å². The third-order valence-corrected chi connectivity index (χ3v) is 6.39. The van der Waals surface area contributed by atoms with E-state index in [0.29, 0.717) is 24.4 Å². The van der Waals surface area contributed by atoms with Crippen LogP contribution in [0.25, 0.3) is 0 Å². The van der Waals surface area contributed by atoms with Crippen LogP contribution in [0.4, 0.5) is 0 Å². The van der Waals surface area contributed by atoms with Gasteiger partial charge in [-0.3, -0.25) is 9.59 Å². The number of carbonyl (C=O) groups excluding carboxylic acids is 2. The molecule has 4 rings (SSSR count). The molecule has 0 bridgehead atoms. The Hall–Kier alpha value is -2.31. The lowest BCUT2D eigenvalue weighted by Crippen LogP contribution is -2.31. The number of rotatable bonds is 6. The van der Waals surface area contributed by atoms with Gasteiger partial charge in [-0.25, -0.2) is 0 Å². The molecule has 6 heteroatoms. The number of nitrogens with zero attached hydrogens (tertiary/aromatic N) is 1. The molecule has 2 fully saturated rings. The predicted octanol–water partition coefficient (Wildman–Crippen LogP) is 3.37. The van der Waals surface area contributed by atoms with Crippen LogP contribution in [-0.2, 0) is 16.1 Å². The summed E-state index contributed by atoms with van der Waals surface area (Å²) in [5.74, 6) is 0.553. The first-order chi connectivity index (χ1) is 13.7. The van der Waals surface area contributed by atoms with E-state index in [1.807, 2.05) is 59.5 Å². The number of hydrogen-bond acceptors (Lipinski definition) is 4. The minimum absolute atomic E-state index is 0.0169. The second kappa shape index (κ2) is 8.80. The fourth-order valence-electron chi connectivity index (χ4n) is 3.59. The maximum Gasteiger partial charge on any atom is 0.251 e. The standard InChI is InChI=1S/C22H24N2O3S/c25-20-15-28-22(24(20)14-16-5-2-1-3-6-16)18-10-8-17(9-11-18)21(26)23-13-19-7-4-12-27-19/h1-3,5-6,8-11,19,22H,4,7,12-15H2,(H,23,26)/t19-,22-/m0/s1. The first kappa shape index (κ1) is 19.0. The van der Waals surface area contributed by atoms with E-state index in [2.05, 4.69) is 5.32 Å². The molecule has 0 unspecified atom stereocenters. The normalized spacial score (nSPS) is 21.9. The van der Waals surface area contributed by atoms with Gasteiger partial charge < -0.3 is 15.0 Å². The van der Waals surface area contributed by atoms with Crippen molar-refractivity contribution in [3.05, 3.63) is 71.3 Å². The highest BCUT2D eigenvalue weighted by Crippen LogP contribution is 2.39. The van der Waals surface area contributed by atoms with Crippen LogP contribution in [0, 0.1) is 0 Å². The van der Waals surface area contributed by atoms with Crippen molar-refractivity contribution in [2.75, 3.05) is 18.9 Å². The molecular weight excluding hydrogens is 372 g/mol. The molecule has 0 aromatic heterocycles. The average Bonchev–Trinajstić information content (AvgIpc) is 3.38. The molecule has 1 N–H and O–H groups in total. The van der Waals surface area contributed by atoms with Crippen LogP contribution in [-0.4, -0.2) is 41.7 Å². The van der Waals surface area contributed by atoms with Crippen molar-refractivity contribution in [3.63, 3.8) is 0 Å². The Kier molecular flexibility index (Phi) is 5.98. The van der Waals surface area contributed by atoms with Crippen LogP contribution in [0.3, 0.4) is 0 Å². The van der Waals surface area contributed by atoms with Crippen LogP contribution >= 0.6 is 11.8 Å². The minimum atomic E-state index is -0.0849. The molecule has 146 valence electrons. The van der Waals surface area contributed by atoms with Gasteiger partial charge in [0.25, 0.3) is 5.91 Å². The highest BCUT2D eigenvalue weighted by atomic mass is 32.2. The second-order valence-corrected chi connectivity index (χ2v) is 8.21. The van der Waals surface area contributed by atoms with Gasteiger partial charge in [0, 0.05) is 25.3 Å². The summed E-state index contributed by atoms with van der Waals surface area (Å²) in [6, 6.07) is 17.6. The lowest BCUT2D eigenvalue weighted by molar-refractivity contribution is -0.128. The van der Waals surface area contributed by atoms with Gasteiger partial charge in [0.2, 0.25) is 5.91 Å². The fourth-order valence-corrected chi connectivity index (χ4v) is 4.78. The van der Waals surface area contributed by atoms with Crippen LogP contribution in [0.2, 0.25) is 0 Å². The number of benzene rings is 2. The zero-order valence-electron chi connectivity index (χ0n) is 15.7. The average molecular weight is 397 g/mol. The van der Waals surface area contributed by atoms with Gasteiger partial charge in [-0.05, 0) is 36.1 Å². The van der Waals surface area contributed by atoms with Gasteiger partial charge in [-0.15, -0.1) is 11.8 Å². The van der Waals surface area contributed by atoms with E-state index in [0.717, 1.165) is 30.6 Å². The summed E-state index contributed by atoms with van der Waals surface area (Å²) in [4.78, 5) is 26.6. The Morgan fingerprint density at radius 3 is 2.64 bits per heavy atom. The van der Waals surface area contributed by atoms with Crippen molar-refractivity contribution in [2.24, 2.45) is 0 Å². The number of ether oxygens (including phenoxy) is 1. The molecule has 2 aromatic rings. The summed E-state index contributed by atoms with van der Waals surface area (Å²) in [6.07, 6.45) is 2.20. The van der Waals surface area contributed by atoms with E-state index in [-0.39, 0.29) is 23.3 Å². The van der Waals surface area contributed by atoms with E-state index >= 15 is 0 Å². The lowest BCUT2D eigenvalue weighted by Gasteiger charge is -2.24. The Bertz CT molecular complexity index is 819. The van der Waals surface area contributed by atoms with E-state index < -0.39 is 0 Å². The maximum absolute atomic E-state index is 12.4. The van der Waals surface area contributed by atoms with E-state index in [9.17, 15) is 9.59 Å². The summed E-state index contributed by atoms with van der Waals surface area (Å²) >= 11 is 1.63. The summed E-state index contributed by atoms with van der Waals surface area (Å²) in [6.45, 7) is 1.94. The summed E-state index contributed by atoms with van der Waals surface area (Å²) in [7, 11) is 0. The van der Waals surface area contributed by atoms with E-state index in [1.165, 1.54) is 0 Å². The molecule has 2 atom stereocenters. The van der Waals surface area contributed by atoms with E-state index in [1.54, 1.807) is 11.8 Å². The second-order valence-electron chi connectivity index (χ2n) is 7.14. The first-order valence-electron chi connectivity index (χ1n) is 9.65. The minimum Gasteiger partial charge on any atom is -0.376 e. The van der Waals surface area contributed by atoms with Crippen LogP contribution in [0.5, 0.6) is 0 Å². The topological polar surface area (TPSA) is 58.6 Å². The molecule has 2 amide bonds. The van der Waals surface area contributed by atoms with Crippen LogP contribution in [0.1, 0.15) is 39.7 Å². The number of carbonyl (C=O) groups is 2. The summed E-state index contributed by atoms with van der Waals surface area (Å²) in [5.41, 5.74) is 2.79. The van der Waals surface area contributed by atoms with Gasteiger partial charge in [0.1, 0.15) is 5.37 Å². The smallest absolute Gasteiger partial charge is 0.251 e. The van der Waals surface area contributed by atoms with Crippen molar-refractivity contribution in [1.82, 2.24) is 10.2 Å². The number of hydrogen-bond donors (Lipinski definition) is 1. The quantitative estimate of drug-likeness (QED) is 0.813. The third kappa shape index (κ3) is 4.39. The monoisotopic (exact) mass is 396 g/mol. The fraction of sp³-hybridized carbons (Fsp3) is 0.364. The highest BCUT2D eigenvalue weighted by Gasteiger charge is 2.32. The molecule has 0 saturated carbocycles. The van der Waals surface area contributed by atoms with E-state index in [4.69, 9.17) is 4.74 Å². The molecule has 2 saturated heterocycles. The van der Waals surface area contributed by atoms with Gasteiger partial charge in [0.05, 0.1) is 11.9 Å². The lowest BCUT2D eigenvalue weighted by atomic mass is 10.1. The van der Waals surface area contributed by atoms with Gasteiger partial charge in [0.15, 0.2) is 0 Å². The SMILES string of the molecule is O=C(NC[C@@H]1CCCO1)c1ccc([C@@H]2SCC(=O)N2Cc2ccccc2)cc1. The Morgan fingerprint density at radius 1 is 1.14 bits per heavy atom. The molecule has 2 aromatic carbocycles. The van der Waals surface area contributed by atoms with Crippen molar-refractivity contribution in [2.45, 2.75) is 30.9 Å². The first-order valence-corrected chi connectivity index (χ1v) is 10.7. The van der Waals surface area contributed by atoms with Crippen LogP contribution in [0.15, 0.2) is 54.6 Å². The molecule has 2 heterocycles. The molecule has 2 aliphatic rings. The number of thioether (sulfide) groups is 1. The highest BCUT2D eigenvalue weighted by molar-refractivity contribution is 8.00. The Labute approximate surface area is 169 Å². The maximum atomic E-state index is 12.4. The number of nitrogens with one attached hydrogen (secondary N) is 1. The Morgan fingerprint density at radius 2 is 1.93 bits per heavy atom. The molecule has 28 heavy (non-hydrogen) atoms. The summed E-state index contributed by atoms with van der Waals surface area (Å²) in [5, 5.41) is 2.93. The van der Waals surface area contributed by atoms with Crippen molar-refractivity contribution in [1.29, 1.82) is 0 Å². The molecule has 2 aliphatic heterocycles. The zero-order chi connectivity index (χ0) is 19.3. The molecule has 5 nitrogen and oxygen atoms in total. The molecular formula is C22H24N2O3S. The largest absolute Gasteiger partial charge is 0.376 e. The van der Waals surface area contributed by atoms with Crippen molar-refractivity contribution in [3.8, 4) is 0 Å². The molecule has 0 spiro atoms. The van der Waals surface area contributed by atoms with Gasteiger partial charge >= 0.3 is 0 Å². The Balaban J connectivity index is 1.40.